The molecule has 1 aliphatic heterocycles. The topological polar surface area (TPSA) is 35.6 Å². The number of likely N-dealkylation sites (N-methyl/N-ethyl adjacent to an activating group) is 1. The number of carbonyl (C=O) groups is 1. The summed E-state index contributed by atoms with van der Waals surface area (Å²) in [6.07, 6.45) is 0.893. The van der Waals surface area contributed by atoms with E-state index in [9.17, 15) is 4.79 Å². The summed E-state index contributed by atoms with van der Waals surface area (Å²) in [5.41, 5.74) is 0. The summed E-state index contributed by atoms with van der Waals surface area (Å²) in [5, 5.41) is 3.12. The number of carbonyl (C=O) groups excluding carboxylic acids is 1. The van der Waals surface area contributed by atoms with E-state index in [4.69, 9.17) is 0 Å². The first-order valence-electron chi connectivity index (χ1n) is 6.16. The van der Waals surface area contributed by atoms with Gasteiger partial charge in [0.25, 0.3) is 0 Å². The third kappa shape index (κ3) is 2.74. The van der Waals surface area contributed by atoms with Crippen molar-refractivity contribution in [2.24, 2.45) is 0 Å². The second-order valence-corrected chi connectivity index (χ2v) is 5.00. The molecule has 1 heterocycles. The number of nitrogens with one attached hydrogen (secondary N) is 1. The zero-order chi connectivity index (χ0) is 12.3. The molecule has 2 unspecified atom stereocenters. The maximum atomic E-state index is 12.2. The predicted molar refractivity (Wildman–Crippen MR) is 66.4 cm³/mol. The standard InChI is InChI=1S/C12H25N3O/c1-9(2)15-8-10(3)14(5)12(16)11(15)6-7-13-4/h9-11,13H,6-8H2,1-5H3. The number of nitrogens with zero attached hydrogens (tertiary/aromatic N) is 2. The normalized spacial score (nSPS) is 27.9. The number of hydrogen-bond acceptors (Lipinski definition) is 3. The molecule has 1 aliphatic rings. The Labute approximate surface area is 99.0 Å². The van der Waals surface area contributed by atoms with Gasteiger partial charge >= 0.3 is 0 Å². The van der Waals surface area contributed by atoms with Gasteiger partial charge in [-0.3, -0.25) is 9.69 Å². The minimum atomic E-state index is 0.0497. The molecule has 1 fully saturated rings. The summed E-state index contributed by atoms with van der Waals surface area (Å²) < 4.78 is 0. The average Bonchev–Trinajstić information content (AvgIpc) is 2.24. The van der Waals surface area contributed by atoms with Gasteiger partial charge in [-0.05, 0) is 40.8 Å². The molecule has 0 radical (unpaired) electrons. The smallest absolute Gasteiger partial charge is 0.240 e. The average molecular weight is 227 g/mol. The molecule has 0 spiro atoms. The number of piperazine rings is 1. The summed E-state index contributed by atoms with van der Waals surface area (Å²) in [5.74, 6) is 0.266. The second kappa shape index (κ2) is 5.64. The van der Waals surface area contributed by atoms with Crippen LogP contribution in [0.15, 0.2) is 0 Å². The molecule has 0 aliphatic carbocycles. The molecule has 1 saturated heterocycles. The van der Waals surface area contributed by atoms with Gasteiger partial charge in [0.05, 0.1) is 6.04 Å². The summed E-state index contributed by atoms with van der Waals surface area (Å²) in [4.78, 5) is 16.4. The van der Waals surface area contributed by atoms with Crippen molar-refractivity contribution in [1.82, 2.24) is 15.1 Å². The zero-order valence-electron chi connectivity index (χ0n) is 11.2. The van der Waals surface area contributed by atoms with Gasteiger partial charge in [-0.15, -0.1) is 0 Å². The van der Waals surface area contributed by atoms with Crippen molar-refractivity contribution in [2.75, 3.05) is 27.2 Å². The van der Waals surface area contributed by atoms with Gasteiger partial charge < -0.3 is 10.2 Å². The van der Waals surface area contributed by atoms with E-state index in [-0.39, 0.29) is 11.9 Å². The van der Waals surface area contributed by atoms with E-state index in [1.54, 1.807) is 0 Å². The monoisotopic (exact) mass is 227 g/mol. The lowest BCUT2D eigenvalue weighted by Gasteiger charge is -2.45. The molecule has 0 aromatic rings. The highest BCUT2D eigenvalue weighted by Gasteiger charge is 2.37. The SMILES string of the molecule is CNCCC1C(=O)N(C)C(C)CN1C(C)C. The molecule has 94 valence electrons. The Morgan fingerprint density at radius 2 is 2.12 bits per heavy atom. The van der Waals surface area contributed by atoms with Crippen LogP contribution in [0.3, 0.4) is 0 Å². The van der Waals surface area contributed by atoms with Crippen LogP contribution in [-0.4, -0.2) is 61.0 Å². The Hall–Kier alpha value is -0.610. The van der Waals surface area contributed by atoms with E-state index >= 15 is 0 Å². The van der Waals surface area contributed by atoms with Crippen molar-refractivity contribution in [3.8, 4) is 0 Å². The van der Waals surface area contributed by atoms with Crippen molar-refractivity contribution in [2.45, 2.75) is 45.3 Å². The fraction of sp³-hybridized carbons (Fsp3) is 0.917. The number of amides is 1. The first-order valence-corrected chi connectivity index (χ1v) is 6.16. The Kier molecular flexibility index (Phi) is 4.74. The molecule has 0 aromatic carbocycles. The summed E-state index contributed by atoms with van der Waals surface area (Å²) in [6, 6.07) is 0.802. The molecule has 1 amide bonds. The van der Waals surface area contributed by atoms with Crippen molar-refractivity contribution in [3.05, 3.63) is 0 Å². The van der Waals surface area contributed by atoms with Crippen molar-refractivity contribution >= 4 is 5.91 Å². The van der Waals surface area contributed by atoms with Crippen molar-refractivity contribution in [3.63, 3.8) is 0 Å². The van der Waals surface area contributed by atoms with E-state index < -0.39 is 0 Å². The van der Waals surface area contributed by atoms with Gasteiger partial charge in [0.15, 0.2) is 0 Å². The van der Waals surface area contributed by atoms with E-state index in [2.05, 4.69) is 31.0 Å². The lowest BCUT2D eigenvalue weighted by atomic mass is 10.0. The predicted octanol–water partition coefficient (Wildman–Crippen LogP) is 0.535. The van der Waals surface area contributed by atoms with Crippen molar-refractivity contribution < 1.29 is 4.79 Å². The summed E-state index contributed by atoms with van der Waals surface area (Å²) in [6.45, 7) is 8.31. The van der Waals surface area contributed by atoms with Gasteiger partial charge in [-0.2, -0.15) is 0 Å². The number of hydrogen-bond donors (Lipinski definition) is 1. The van der Waals surface area contributed by atoms with Gasteiger partial charge in [0, 0.05) is 25.7 Å². The Balaban J connectivity index is 2.76. The highest BCUT2D eigenvalue weighted by molar-refractivity contribution is 5.82. The van der Waals surface area contributed by atoms with Crippen LogP contribution in [0.2, 0.25) is 0 Å². The van der Waals surface area contributed by atoms with Crippen LogP contribution in [0.4, 0.5) is 0 Å². The molecule has 4 heteroatoms. The lowest BCUT2D eigenvalue weighted by molar-refractivity contribution is -0.145. The van der Waals surface area contributed by atoms with E-state index in [0.29, 0.717) is 12.1 Å². The van der Waals surface area contributed by atoms with Gasteiger partial charge in [0.1, 0.15) is 0 Å². The maximum absolute atomic E-state index is 12.2. The molecule has 1 N–H and O–H groups in total. The molecular formula is C12H25N3O. The molecular weight excluding hydrogens is 202 g/mol. The highest BCUT2D eigenvalue weighted by Crippen LogP contribution is 2.19. The molecule has 2 atom stereocenters. The molecule has 0 bridgehead atoms. The lowest BCUT2D eigenvalue weighted by Crippen LogP contribution is -2.61. The molecule has 0 aromatic heterocycles. The minimum absolute atomic E-state index is 0.0497. The van der Waals surface area contributed by atoms with Crippen LogP contribution < -0.4 is 5.32 Å². The highest BCUT2D eigenvalue weighted by atomic mass is 16.2. The van der Waals surface area contributed by atoms with Crippen LogP contribution in [-0.2, 0) is 4.79 Å². The van der Waals surface area contributed by atoms with E-state index in [1.807, 2.05) is 19.0 Å². The maximum Gasteiger partial charge on any atom is 0.240 e. The quantitative estimate of drug-likeness (QED) is 0.761. The fourth-order valence-electron chi connectivity index (χ4n) is 2.29. The van der Waals surface area contributed by atoms with Gasteiger partial charge in [-0.1, -0.05) is 0 Å². The third-order valence-corrected chi connectivity index (χ3v) is 3.50. The van der Waals surface area contributed by atoms with E-state index in [1.165, 1.54) is 0 Å². The molecule has 4 nitrogen and oxygen atoms in total. The second-order valence-electron chi connectivity index (χ2n) is 5.00. The fourth-order valence-corrected chi connectivity index (χ4v) is 2.29. The molecule has 16 heavy (non-hydrogen) atoms. The van der Waals surface area contributed by atoms with Gasteiger partial charge in [0.2, 0.25) is 5.91 Å². The number of rotatable bonds is 4. The minimum Gasteiger partial charge on any atom is -0.340 e. The van der Waals surface area contributed by atoms with Crippen molar-refractivity contribution in [1.29, 1.82) is 0 Å². The first-order chi connectivity index (χ1) is 7.49. The summed E-state index contributed by atoms with van der Waals surface area (Å²) in [7, 11) is 3.84. The van der Waals surface area contributed by atoms with Crippen LogP contribution in [0, 0.1) is 0 Å². The van der Waals surface area contributed by atoms with Crippen LogP contribution >= 0.6 is 0 Å². The first kappa shape index (κ1) is 13.5. The third-order valence-electron chi connectivity index (χ3n) is 3.50. The zero-order valence-corrected chi connectivity index (χ0v) is 11.2. The van der Waals surface area contributed by atoms with Crippen LogP contribution in [0.5, 0.6) is 0 Å². The Bertz CT molecular complexity index is 242. The Morgan fingerprint density at radius 3 is 2.62 bits per heavy atom. The van der Waals surface area contributed by atoms with E-state index in [0.717, 1.165) is 19.5 Å². The largest absolute Gasteiger partial charge is 0.340 e. The Morgan fingerprint density at radius 1 is 1.50 bits per heavy atom. The molecule has 1 rings (SSSR count). The van der Waals surface area contributed by atoms with Crippen LogP contribution in [0.1, 0.15) is 27.2 Å². The van der Waals surface area contributed by atoms with Crippen LogP contribution in [0.25, 0.3) is 0 Å². The molecule has 0 saturated carbocycles. The van der Waals surface area contributed by atoms with Gasteiger partial charge in [-0.25, -0.2) is 0 Å². The summed E-state index contributed by atoms with van der Waals surface area (Å²) >= 11 is 0.